The van der Waals surface area contributed by atoms with E-state index in [2.05, 4.69) is 25.9 Å². The summed E-state index contributed by atoms with van der Waals surface area (Å²) < 4.78 is 7.97. The van der Waals surface area contributed by atoms with Crippen molar-refractivity contribution in [2.24, 2.45) is 0 Å². The monoisotopic (exact) mass is 365 g/mol. The molecule has 2 saturated heterocycles. The van der Waals surface area contributed by atoms with E-state index in [0.29, 0.717) is 17.0 Å². The Labute approximate surface area is 135 Å². The number of imidazole rings is 1. The molecule has 3 atom stereocenters. The van der Waals surface area contributed by atoms with Crippen molar-refractivity contribution >= 4 is 33.4 Å². The number of hydrogen-bond acceptors (Lipinski definition) is 5. The van der Waals surface area contributed by atoms with Gasteiger partial charge in [0.1, 0.15) is 22.0 Å². The third kappa shape index (κ3) is 1.89. The van der Waals surface area contributed by atoms with Crippen molar-refractivity contribution in [3.8, 4) is 0 Å². The van der Waals surface area contributed by atoms with Crippen molar-refractivity contribution in [1.82, 2.24) is 19.3 Å². The molecule has 4 heterocycles. The van der Waals surface area contributed by atoms with Crippen LogP contribution in [0.4, 0.5) is 10.6 Å². The number of fused-ring (bicyclic) bond motifs is 2. The minimum Gasteiger partial charge on any atom is -0.444 e. The Morgan fingerprint density at radius 1 is 1.45 bits per heavy atom. The summed E-state index contributed by atoms with van der Waals surface area (Å²) in [7, 11) is 0. The number of rotatable bonds is 1. The number of anilines is 1. The fourth-order valence-electron chi connectivity index (χ4n) is 3.54. The van der Waals surface area contributed by atoms with Gasteiger partial charge >= 0.3 is 6.09 Å². The zero-order chi connectivity index (χ0) is 15.4. The molecule has 7 nitrogen and oxygen atoms in total. The molecule has 4 rings (SSSR count). The van der Waals surface area contributed by atoms with Gasteiger partial charge in [-0.05, 0) is 35.7 Å². The normalized spacial score (nSPS) is 28.0. The largest absolute Gasteiger partial charge is 0.444 e. The van der Waals surface area contributed by atoms with Gasteiger partial charge in [-0.3, -0.25) is 4.40 Å². The molecular weight excluding hydrogens is 350 g/mol. The molecule has 116 valence electrons. The second-order valence-electron chi connectivity index (χ2n) is 5.87. The third-order valence-corrected chi connectivity index (χ3v) is 5.18. The first kappa shape index (κ1) is 13.8. The first-order chi connectivity index (χ1) is 10.6. The number of piperidine rings is 1. The molecule has 2 aromatic rings. The van der Waals surface area contributed by atoms with Crippen LogP contribution in [0.25, 0.3) is 5.52 Å². The predicted octanol–water partition coefficient (Wildman–Crippen LogP) is 2.16. The fourth-order valence-corrected chi connectivity index (χ4v) is 4.11. The van der Waals surface area contributed by atoms with E-state index < -0.39 is 0 Å². The Hall–Kier alpha value is -1.83. The minimum absolute atomic E-state index is 0.0305. The second-order valence-corrected chi connectivity index (χ2v) is 6.63. The number of hydrogen-bond donors (Lipinski definition) is 1. The van der Waals surface area contributed by atoms with Crippen molar-refractivity contribution in [1.29, 1.82) is 0 Å². The second kappa shape index (κ2) is 4.84. The summed E-state index contributed by atoms with van der Waals surface area (Å²) in [6, 6.07) is 0.185. The van der Waals surface area contributed by atoms with Crippen LogP contribution in [0.5, 0.6) is 0 Å². The van der Waals surface area contributed by atoms with Crippen LogP contribution in [0.3, 0.4) is 0 Å². The van der Waals surface area contributed by atoms with Crippen molar-refractivity contribution in [3.05, 3.63) is 22.8 Å². The summed E-state index contributed by atoms with van der Waals surface area (Å²) >= 11 is 3.46. The van der Waals surface area contributed by atoms with E-state index in [4.69, 9.17) is 10.5 Å². The van der Waals surface area contributed by atoms with E-state index in [-0.39, 0.29) is 24.2 Å². The highest BCUT2D eigenvalue weighted by Crippen LogP contribution is 2.36. The van der Waals surface area contributed by atoms with Crippen LogP contribution in [-0.2, 0) is 4.74 Å². The van der Waals surface area contributed by atoms with Crippen LogP contribution in [0.2, 0.25) is 0 Å². The Balaban J connectivity index is 1.72. The molecule has 0 saturated carbocycles. The minimum atomic E-state index is -0.219. The SMILES string of the molecule is C[C@@H]1OC(=O)N2C[C@H](c3nc(Br)c4c(N)nccn34)CC[C@@H]12. The van der Waals surface area contributed by atoms with Crippen LogP contribution in [-0.4, -0.2) is 44.1 Å². The topological polar surface area (TPSA) is 85.8 Å². The lowest BCUT2D eigenvalue weighted by Crippen LogP contribution is -2.43. The lowest BCUT2D eigenvalue weighted by Gasteiger charge is -2.33. The molecular formula is C14H16BrN5O2. The van der Waals surface area contributed by atoms with Gasteiger partial charge in [-0.1, -0.05) is 0 Å². The molecule has 0 aromatic carbocycles. The maximum atomic E-state index is 12.0. The van der Waals surface area contributed by atoms with Gasteiger partial charge in [0.2, 0.25) is 0 Å². The van der Waals surface area contributed by atoms with Crippen LogP contribution in [0, 0.1) is 0 Å². The number of amides is 1. The maximum absolute atomic E-state index is 12.0. The summed E-state index contributed by atoms with van der Waals surface area (Å²) in [6.45, 7) is 2.58. The number of aromatic nitrogens is 3. The van der Waals surface area contributed by atoms with Gasteiger partial charge < -0.3 is 15.4 Å². The van der Waals surface area contributed by atoms with E-state index in [9.17, 15) is 4.79 Å². The molecule has 0 unspecified atom stereocenters. The Kier molecular flexibility index (Phi) is 3.04. The van der Waals surface area contributed by atoms with Crippen molar-refractivity contribution in [2.75, 3.05) is 12.3 Å². The first-order valence-electron chi connectivity index (χ1n) is 7.31. The molecule has 0 aliphatic carbocycles. The molecule has 0 spiro atoms. The number of cyclic esters (lactones) is 1. The highest BCUT2D eigenvalue weighted by Gasteiger charge is 2.44. The van der Waals surface area contributed by atoms with Gasteiger partial charge in [-0.15, -0.1) is 0 Å². The van der Waals surface area contributed by atoms with Gasteiger partial charge in [-0.25, -0.2) is 14.8 Å². The number of nitrogen functional groups attached to an aromatic ring is 1. The summed E-state index contributed by atoms with van der Waals surface area (Å²) in [6.07, 6.45) is 5.16. The molecule has 1 amide bonds. The van der Waals surface area contributed by atoms with Gasteiger partial charge in [0.25, 0.3) is 0 Å². The average molecular weight is 366 g/mol. The molecule has 2 fully saturated rings. The summed E-state index contributed by atoms with van der Waals surface area (Å²) in [5.41, 5.74) is 6.71. The van der Waals surface area contributed by atoms with Crippen LogP contribution < -0.4 is 5.73 Å². The van der Waals surface area contributed by atoms with Crippen LogP contribution >= 0.6 is 15.9 Å². The van der Waals surface area contributed by atoms with E-state index in [0.717, 1.165) is 24.2 Å². The van der Waals surface area contributed by atoms with Crippen LogP contribution in [0.15, 0.2) is 17.0 Å². The van der Waals surface area contributed by atoms with E-state index >= 15 is 0 Å². The molecule has 22 heavy (non-hydrogen) atoms. The van der Waals surface area contributed by atoms with E-state index in [1.807, 2.05) is 22.4 Å². The van der Waals surface area contributed by atoms with Crippen molar-refractivity contribution in [3.63, 3.8) is 0 Å². The van der Waals surface area contributed by atoms with Gasteiger partial charge in [0, 0.05) is 24.9 Å². The zero-order valence-corrected chi connectivity index (χ0v) is 13.7. The van der Waals surface area contributed by atoms with Gasteiger partial charge in [-0.2, -0.15) is 0 Å². The predicted molar refractivity (Wildman–Crippen MR) is 83.5 cm³/mol. The fraction of sp³-hybridized carbons (Fsp3) is 0.500. The Morgan fingerprint density at radius 2 is 2.27 bits per heavy atom. The standard InChI is InChI=1S/C14H16BrN5O2/c1-7-9-3-2-8(6-20(9)14(21)22-7)13-18-11(15)10-12(16)17-4-5-19(10)13/h4-5,7-9H,2-3,6H2,1H3,(H2,16,17)/t7-,8+,9-/m0/s1. The van der Waals surface area contributed by atoms with Crippen LogP contribution in [0.1, 0.15) is 31.5 Å². The van der Waals surface area contributed by atoms with Gasteiger partial charge in [0.15, 0.2) is 5.82 Å². The Bertz CT molecular complexity index is 761. The van der Waals surface area contributed by atoms with E-state index in [1.54, 1.807) is 6.20 Å². The first-order valence-corrected chi connectivity index (χ1v) is 8.10. The lowest BCUT2D eigenvalue weighted by atomic mass is 9.91. The Morgan fingerprint density at radius 3 is 3.09 bits per heavy atom. The highest BCUT2D eigenvalue weighted by atomic mass is 79.9. The molecule has 2 aliphatic rings. The van der Waals surface area contributed by atoms with Crippen molar-refractivity contribution in [2.45, 2.75) is 37.8 Å². The summed E-state index contributed by atoms with van der Waals surface area (Å²) in [5, 5.41) is 0. The summed E-state index contributed by atoms with van der Waals surface area (Å²) in [5.74, 6) is 1.51. The molecule has 8 heteroatoms. The number of halogens is 1. The third-order valence-electron chi connectivity index (χ3n) is 4.62. The number of carbonyl (C=O) groups excluding carboxylic acids is 1. The molecule has 2 N–H and O–H groups in total. The number of ether oxygens (including phenoxy) is 1. The molecule has 0 radical (unpaired) electrons. The number of carbonyl (C=O) groups is 1. The number of nitrogens with zero attached hydrogens (tertiary/aromatic N) is 4. The van der Waals surface area contributed by atoms with Gasteiger partial charge in [0.05, 0.1) is 6.04 Å². The molecule has 2 aromatic heterocycles. The highest BCUT2D eigenvalue weighted by molar-refractivity contribution is 9.10. The van der Waals surface area contributed by atoms with Crippen molar-refractivity contribution < 1.29 is 9.53 Å². The zero-order valence-electron chi connectivity index (χ0n) is 12.1. The maximum Gasteiger partial charge on any atom is 0.410 e. The van der Waals surface area contributed by atoms with E-state index in [1.165, 1.54) is 0 Å². The smallest absolute Gasteiger partial charge is 0.410 e. The molecule has 0 bridgehead atoms. The lowest BCUT2D eigenvalue weighted by molar-refractivity contribution is 0.137. The quantitative estimate of drug-likeness (QED) is 0.836. The molecule has 2 aliphatic heterocycles. The summed E-state index contributed by atoms with van der Waals surface area (Å²) in [4.78, 5) is 22.5. The number of nitrogens with two attached hydrogens (primary N) is 1. The average Bonchev–Trinajstić information content (AvgIpc) is 2.98.